The molecule has 0 heterocycles. The number of hydrogen-bond donors (Lipinski definition) is 1. The lowest BCUT2D eigenvalue weighted by Crippen LogP contribution is -2.08. The molecule has 0 spiro atoms. The smallest absolute Gasteiger partial charge is 0.305 e. The summed E-state index contributed by atoms with van der Waals surface area (Å²) in [4.78, 5) is 10.7. The summed E-state index contributed by atoms with van der Waals surface area (Å²) in [5, 5.41) is 0. The highest BCUT2D eigenvalue weighted by Crippen LogP contribution is 1.91. The largest absolute Gasteiger partial charge is 0.466 e. The molecule has 0 atom stereocenters. The Morgan fingerprint density at radius 1 is 1.60 bits per heavy atom. The summed E-state index contributed by atoms with van der Waals surface area (Å²) in [5.41, 5.74) is 5.20. The van der Waals surface area contributed by atoms with E-state index in [-0.39, 0.29) is 5.97 Å². The van der Waals surface area contributed by atoms with Crippen molar-refractivity contribution in [1.29, 1.82) is 0 Å². The van der Waals surface area contributed by atoms with Crippen molar-refractivity contribution in [2.75, 3.05) is 13.2 Å². The van der Waals surface area contributed by atoms with Gasteiger partial charge < -0.3 is 10.5 Å². The van der Waals surface area contributed by atoms with E-state index in [9.17, 15) is 4.79 Å². The van der Waals surface area contributed by atoms with E-state index in [1.54, 1.807) is 0 Å². The highest BCUT2D eigenvalue weighted by atomic mass is 16.5. The van der Waals surface area contributed by atoms with Gasteiger partial charge in [-0.25, -0.2) is 0 Å². The lowest BCUT2D eigenvalue weighted by atomic mass is 10.3. The van der Waals surface area contributed by atoms with Gasteiger partial charge in [0, 0.05) is 6.42 Å². The van der Waals surface area contributed by atoms with E-state index in [0.717, 1.165) is 12.8 Å². The summed E-state index contributed by atoms with van der Waals surface area (Å²) in [6, 6.07) is 0. The van der Waals surface area contributed by atoms with Crippen molar-refractivity contribution < 1.29 is 9.53 Å². The third-order valence-corrected chi connectivity index (χ3v) is 1.05. The van der Waals surface area contributed by atoms with Crippen LogP contribution in [-0.2, 0) is 9.53 Å². The fourth-order valence-electron chi connectivity index (χ4n) is 0.534. The lowest BCUT2D eigenvalue weighted by Gasteiger charge is -2.00. The maximum atomic E-state index is 10.7. The predicted octanol–water partition coefficient (Wildman–Crippen LogP) is 0.678. The van der Waals surface area contributed by atoms with E-state index >= 15 is 0 Å². The van der Waals surface area contributed by atoms with Gasteiger partial charge in [-0.1, -0.05) is 6.92 Å². The quantitative estimate of drug-likeness (QED) is 0.579. The zero-order valence-electron chi connectivity index (χ0n) is 6.43. The molecule has 0 aliphatic heterocycles. The summed E-state index contributed by atoms with van der Waals surface area (Å²) in [5.74, 6) is -0.132. The van der Waals surface area contributed by atoms with E-state index in [4.69, 9.17) is 10.5 Å². The van der Waals surface area contributed by atoms with Crippen molar-refractivity contribution in [3.63, 3.8) is 0 Å². The minimum absolute atomic E-state index is 0.132. The van der Waals surface area contributed by atoms with Crippen LogP contribution >= 0.6 is 0 Å². The van der Waals surface area contributed by atoms with Crippen LogP contribution in [0.3, 0.4) is 0 Å². The first kappa shape index (κ1) is 9.43. The maximum Gasteiger partial charge on any atom is 0.305 e. The average molecular weight is 145 g/mol. The van der Waals surface area contributed by atoms with Crippen LogP contribution in [0.4, 0.5) is 0 Å². The Labute approximate surface area is 61.5 Å². The van der Waals surface area contributed by atoms with E-state index in [2.05, 4.69) is 0 Å². The number of esters is 1. The Balaban J connectivity index is 3.09. The van der Waals surface area contributed by atoms with Crippen LogP contribution in [0.1, 0.15) is 26.2 Å². The molecule has 0 saturated carbocycles. The zero-order valence-corrected chi connectivity index (χ0v) is 6.43. The number of rotatable bonds is 5. The van der Waals surface area contributed by atoms with Crippen LogP contribution in [0.25, 0.3) is 0 Å². The molecule has 0 amide bonds. The number of carbonyl (C=O) groups is 1. The van der Waals surface area contributed by atoms with Crippen LogP contribution in [-0.4, -0.2) is 19.1 Å². The van der Waals surface area contributed by atoms with Crippen molar-refractivity contribution in [3.8, 4) is 0 Å². The Kier molecular flexibility index (Phi) is 6.18. The van der Waals surface area contributed by atoms with Crippen LogP contribution < -0.4 is 5.73 Å². The molecule has 0 aromatic carbocycles. The summed E-state index contributed by atoms with van der Waals surface area (Å²) >= 11 is 0. The molecule has 0 fully saturated rings. The molecule has 0 aromatic heterocycles. The van der Waals surface area contributed by atoms with Gasteiger partial charge in [-0.15, -0.1) is 0 Å². The highest BCUT2D eigenvalue weighted by Gasteiger charge is 1.98. The molecule has 0 aromatic rings. The molecule has 3 nitrogen and oxygen atoms in total. The van der Waals surface area contributed by atoms with Crippen LogP contribution in [0.5, 0.6) is 0 Å². The number of hydrogen-bond acceptors (Lipinski definition) is 3. The first-order chi connectivity index (χ1) is 4.81. The van der Waals surface area contributed by atoms with Gasteiger partial charge >= 0.3 is 5.97 Å². The Bertz CT molecular complexity index is 83.6. The van der Waals surface area contributed by atoms with Crippen molar-refractivity contribution in [3.05, 3.63) is 0 Å². The van der Waals surface area contributed by atoms with E-state index in [0.29, 0.717) is 19.6 Å². The SMILES string of the molecule is CCCOC(=O)CCCN. The topological polar surface area (TPSA) is 52.3 Å². The molecule has 10 heavy (non-hydrogen) atoms. The molecule has 0 aliphatic rings. The number of ether oxygens (including phenoxy) is 1. The maximum absolute atomic E-state index is 10.7. The predicted molar refractivity (Wildman–Crippen MR) is 39.5 cm³/mol. The summed E-state index contributed by atoms with van der Waals surface area (Å²) in [7, 11) is 0. The average Bonchev–Trinajstić information content (AvgIpc) is 1.97. The summed E-state index contributed by atoms with van der Waals surface area (Å²) in [6.45, 7) is 3.06. The van der Waals surface area contributed by atoms with Gasteiger partial charge in [0.1, 0.15) is 0 Å². The van der Waals surface area contributed by atoms with Crippen molar-refractivity contribution >= 4 is 5.97 Å². The Morgan fingerprint density at radius 3 is 2.80 bits per heavy atom. The molecule has 0 aliphatic carbocycles. The first-order valence-corrected chi connectivity index (χ1v) is 3.67. The van der Waals surface area contributed by atoms with Gasteiger partial charge in [0.05, 0.1) is 6.61 Å². The Morgan fingerprint density at radius 2 is 2.30 bits per heavy atom. The van der Waals surface area contributed by atoms with Gasteiger partial charge in [0.25, 0.3) is 0 Å². The fourth-order valence-corrected chi connectivity index (χ4v) is 0.534. The summed E-state index contributed by atoms with van der Waals surface area (Å²) < 4.78 is 4.80. The van der Waals surface area contributed by atoms with Crippen LogP contribution in [0.15, 0.2) is 0 Å². The first-order valence-electron chi connectivity index (χ1n) is 3.67. The standard InChI is InChI=1S/C7H15NO2/c1-2-6-10-7(9)4-3-5-8/h2-6,8H2,1H3. The molecule has 3 heteroatoms. The van der Waals surface area contributed by atoms with Crippen LogP contribution in [0, 0.1) is 0 Å². The molecular weight excluding hydrogens is 130 g/mol. The number of nitrogens with two attached hydrogens (primary N) is 1. The second kappa shape index (κ2) is 6.55. The summed E-state index contributed by atoms with van der Waals surface area (Å²) in [6.07, 6.45) is 2.06. The highest BCUT2D eigenvalue weighted by molar-refractivity contribution is 5.69. The zero-order chi connectivity index (χ0) is 7.82. The normalized spacial score (nSPS) is 9.40. The second-order valence-electron chi connectivity index (χ2n) is 2.11. The van der Waals surface area contributed by atoms with Gasteiger partial charge in [-0.05, 0) is 19.4 Å². The third kappa shape index (κ3) is 5.56. The third-order valence-electron chi connectivity index (χ3n) is 1.05. The van der Waals surface area contributed by atoms with Crippen molar-refractivity contribution in [1.82, 2.24) is 0 Å². The molecule has 0 rings (SSSR count). The van der Waals surface area contributed by atoms with E-state index in [1.807, 2.05) is 6.92 Å². The van der Waals surface area contributed by atoms with Gasteiger partial charge in [0.15, 0.2) is 0 Å². The molecule has 0 radical (unpaired) electrons. The molecule has 0 saturated heterocycles. The van der Waals surface area contributed by atoms with Gasteiger partial charge in [0.2, 0.25) is 0 Å². The molecule has 2 N–H and O–H groups in total. The fraction of sp³-hybridized carbons (Fsp3) is 0.857. The molecule has 0 bridgehead atoms. The molecular formula is C7H15NO2. The van der Waals surface area contributed by atoms with Crippen LogP contribution in [0.2, 0.25) is 0 Å². The lowest BCUT2D eigenvalue weighted by molar-refractivity contribution is -0.143. The van der Waals surface area contributed by atoms with E-state index < -0.39 is 0 Å². The van der Waals surface area contributed by atoms with Crippen molar-refractivity contribution in [2.45, 2.75) is 26.2 Å². The monoisotopic (exact) mass is 145 g/mol. The minimum atomic E-state index is -0.132. The van der Waals surface area contributed by atoms with E-state index in [1.165, 1.54) is 0 Å². The second-order valence-corrected chi connectivity index (χ2v) is 2.11. The van der Waals surface area contributed by atoms with Gasteiger partial charge in [-0.3, -0.25) is 4.79 Å². The molecule has 0 unspecified atom stereocenters. The Hall–Kier alpha value is -0.570. The molecule has 60 valence electrons. The minimum Gasteiger partial charge on any atom is -0.466 e. The van der Waals surface area contributed by atoms with Crippen molar-refractivity contribution in [2.24, 2.45) is 5.73 Å². The van der Waals surface area contributed by atoms with Gasteiger partial charge in [-0.2, -0.15) is 0 Å². The number of carbonyl (C=O) groups excluding carboxylic acids is 1.